The van der Waals surface area contributed by atoms with Gasteiger partial charge in [-0.25, -0.2) is 0 Å². The molecule has 0 aliphatic heterocycles. The van der Waals surface area contributed by atoms with E-state index in [-0.39, 0.29) is 5.78 Å². The molecule has 0 saturated heterocycles. The van der Waals surface area contributed by atoms with Gasteiger partial charge in [0.1, 0.15) is 0 Å². The van der Waals surface area contributed by atoms with Crippen molar-refractivity contribution in [1.82, 2.24) is 0 Å². The lowest BCUT2D eigenvalue weighted by Crippen LogP contribution is -1.98. The first-order valence-corrected chi connectivity index (χ1v) is 5.75. The lowest BCUT2D eigenvalue weighted by molar-refractivity contribution is -0.112. The van der Waals surface area contributed by atoms with E-state index in [1.54, 1.807) is 6.08 Å². The van der Waals surface area contributed by atoms with Crippen molar-refractivity contribution in [2.24, 2.45) is 0 Å². The second-order valence-corrected chi connectivity index (χ2v) is 3.52. The van der Waals surface area contributed by atoms with E-state index in [0.717, 1.165) is 11.3 Å². The molecule has 0 atom stereocenters. The smallest absolute Gasteiger partial charge is 0.161 e. The van der Waals surface area contributed by atoms with Crippen LogP contribution >= 0.6 is 0 Å². The molecule has 0 saturated carbocycles. The van der Waals surface area contributed by atoms with Crippen LogP contribution < -0.4 is 9.47 Å². The number of hydrogen-bond acceptors (Lipinski definition) is 3. The molecule has 1 rings (SSSR count). The molecular formula is C14H18O3. The van der Waals surface area contributed by atoms with Crippen LogP contribution in [0.2, 0.25) is 0 Å². The molecular weight excluding hydrogens is 216 g/mol. The lowest BCUT2D eigenvalue weighted by atomic mass is 10.1. The fourth-order valence-electron chi connectivity index (χ4n) is 1.38. The number of carbonyl (C=O) groups is 1. The van der Waals surface area contributed by atoms with Crippen LogP contribution in [0.5, 0.6) is 11.5 Å². The molecule has 0 fully saturated rings. The summed E-state index contributed by atoms with van der Waals surface area (Å²) in [6, 6.07) is 5.62. The zero-order valence-electron chi connectivity index (χ0n) is 10.5. The summed E-state index contributed by atoms with van der Waals surface area (Å²) < 4.78 is 10.9. The highest BCUT2D eigenvalue weighted by Gasteiger charge is 2.04. The minimum absolute atomic E-state index is 0.0249. The highest BCUT2D eigenvalue weighted by atomic mass is 16.5. The van der Waals surface area contributed by atoms with Crippen LogP contribution in [-0.2, 0) is 4.79 Å². The molecule has 0 aliphatic carbocycles. The average Bonchev–Trinajstić information content (AvgIpc) is 2.30. The molecule has 0 bridgehead atoms. The topological polar surface area (TPSA) is 35.5 Å². The number of hydrogen-bond donors (Lipinski definition) is 0. The van der Waals surface area contributed by atoms with Crippen LogP contribution in [0.15, 0.2) is 24.3 Å². The van der Waals surface area contributed by atoms with Gasteiger partial charge in [-0.2, -0.15) is 0 Å². The lowest BCUT2D eigenvalue weighted by Gasteiger charge is -2.11. The molecule has 0 spiro atoms. The number of rotatable bonds is 6. The molecule has 3 heteroatoms. The van der Waals surface area contributed by atoms with Gasteiger partial charge in [-0.15, -0.1) is 0 Å². The first-order chi connectivity index (χ1) is 8.17. The van der Waals surface area contributed by atoms with Gasteiger partial charge in [0.15, 0.2) is 17.3 Å². The van der Waals surface area contributed by atoms with Crippen LogP contribution in [0, 0.1) is 0 Å². The van der Waals surface area contributed by atoms with E-state index in [2.05, 4.69) is 0 Å². The van der Waals surface area contributed by atoms with E-state index in [1.807, 2.05) is 32.0 Å². The van der Waals surface area contributed by atoms with Gasteiger partial charge >= 0.3 is 0 Å². The molecule has 0 N–H and O–H groups in total. The van der Waals surface area contributed by atoms with Crippen LogP contribution in [0.25, 0.3) is 6.08 Å². The van der Waals surface area contributed by atoms with E-state index < -0.39 is 0 Å². The van der Waals surface area contributed by atoms with Crippen LogP contribution in [-0.4, -0.2) is 19.0 Å². The Hall–Kier alpha value is -1.77. The quantitative estimate of drug-likeness (QED) is 0.709. The molecule has 3 nitrogen and oxygen atoms in total. The standard InChI is InChI=1S/C14H18O3/c1-4-16-13-9-8-12(7-6-11(3)15)10-14(13)17-5-2/h6-10H,4-5H2,1-3H3/b7-6+. The molecule has 1 aromatic rings. The highest BCUT2D eigenvalue weighted by molar-refractivity contribution is 5.91. The van der Waals surface area contributed by atoms with E-state index in [0.29, 0.717) is 19.0 Å². The minimum atomic E-state index is 0.0249. The fourth-order valence-corrected chi connectivity index (χ4v) is 1.38. The predicted molar refractivity (Wildman–Crippen MR) is 68.5 cm³/mol. The summed E-state index contributed by atoms with van der Waals surface area (Å²) in [5.74, 6) is 1.46. The zero-order valence-corrected chi connectivity index (χ0v) is 10.5. The molecule has 0 aliphatic rings. The van der Waals surface area contributed by atoms with E-state index >= 15 is 0 Å². The third-order valence-corrected chi connectivity index (χ3v) is 2.08. The number of ketones is 1. The summed E-state index contributed by atoms with van der Waals surface area (Å²) in [6.07, 6.45) is 3.30. The number of benzene rings is 1. The molecule has 0 heterocycles. The van der Waals surface area contributed by atoms with Gasteiger partial charge in [0, 0.05) is 0 Å². The zero-order chi connectivity index (χ0) is 12.7. The Morgan fingerprint density at radius 1 is 1.18 bits per heavy atom. The molecule has 17 heavy (non-hydrogen) atoms. The summed E-state index contributed by atoms with van der Waals surface area (Å²) in [5, 5.41) is 0. The fraction of sp³-hybridized carbons (Fsp3) is 0.357. The van der Waals surface area contributed by atoms with Gasteiger partial charge in [-0.05, 0) is 44.5 Å². The number of ether oxygens (including phenoxy) is 2. The average molecular weight is 234 g/mol. The Bertz CT molecular complexity index is 408. The van der Waals surface area contributed by atoms with Crippen molar-refractivity contribution < 1.29 is 14.3 Å². The molecule has 0 aromatic heterocycles. The first-order valence-electron chi connectivity index (χ1n) is 5.75. The van der Waals surface area contributed by atoms with Crippen molar-refractivity contribution >= 4 is 11.9 Å². The second kappa shape index (κ2) is 6.74. The van der Waals surface area contributed by atoms with Gasteiger partial charge < -0.3 is 9.47 Å². The van der Waals surface area contributed by atoms with E-state index in [4.69, 9.17) is 9.47 Å². The van der Waals surface area contributed by atoms with Crippen molar-refractivity contribution in [2.45, 2.75) is 20.8 Å². The largest absolute Gasteiger partial charge is 0.490 e. The molecule has 0 radical (unpaired) electrons. The van der Waals surface area contributed by atoms with Crippen molar-refractivity contribution in [3.63, 3.8) is 0 Å². The highest BCUT2D eigenvalue weighted by Crippen LogP contribution is 2.28. The summed E-state index contributed by atoms with van der Waals surface area (Å²) in [6.45, 7) is 6.56. The minimum Gasteiger partial charge on any atom is -0.490 e. The SMILES string of the molecule is CCOc1ccc(/C=C/C(C)=O)cc1OCC. The van der Waals surface area contributed by atoms with Gasteiger partial charge in [-0.3, -0.25) is 4.79 Å². The summed E-state index contributed by atoms with van der Waals surface area (Å²) in [5.41, 5.74) is 0.923. The molecule has 0 amide bonds. The number of allylic oxidation sites excluding steroid dienone is 1. The molecule has 1 aromatic carbocycles. The van der Waals surface area contributed by atoms with Crippen molar-refractivity contribution in [3.05, 3.63) is 29.8 Å². The van der Waals surface area contributed by atoms with Gasteiger partial charge in [0.05, 0.1) is 13.2 Å². The predicted octanol–water partition coefficient (Wildman–Crippen LogP) is 3.09. The summed E-state index contributed by atoms with van der Waals surface area (Å²) >= 11 is 0. The van der Waals surface area contributed by atoms with Gasteiger partial charge in [-0.1, -0.05) is 12.1 Å². The van der Waals surface area contributed by atoms with Gasteiger partial charge in [0.25, 0.3) is 0 Å². The monoisotopic (exact) mass is 234 g/mol. The Morgan fingerprint density at radius 2 is 1.82 bits per heavy atom. The molecule has 92 valence electrons. The maximum absolute atomic E-state index is 10.9. The molecule has 0 unspecified atom stereocenters. The van der Waals surface area contributed by atoms with E-state index in [9.17, 15) is 4.79 Å². The first kappa shape index (κ1) is 13.3. The Kier molecular flexibility index (Phi) is 5.27. The second-order valence-electron chi connectivity index (χ2n) is 3.52. The van der Waals surface area contributed by atoms with Crippen LogP contribution in [0.1, 0.15) is 26.3 Å². The Balaban J connectivity index is 2.95. The third kappa shape index (κ3) is 4.31. The maximum atomic E-state index is 10.9. The Labute approximate surface area is 102 Å². The third-order valence-electron chi connectivity index (χ3n) is 2.08. The maximum Gasteiger partial charge on any atom is 0.161 e. The summed E-state index contributed by atoms with van der Waals surface area (Å²) in [4.78, 5) is 10.9. The number of carbonyl (C=O) groups excluding carboxylic acids is 1. The van der Waals surface area contributed by atoms with Gasteiger partial charge in [0.2, 0.25) is 0 Å². The summed E-state index contributed by atoms with van der Waals surface area (Å²) in [7, 11) is 0. The van der Waals surface area contributed by atoms with E-state index in [1.165, 1.54) is 13.0 Å². The van der Waals surface area contributed by atoms with Crippen LogP contribution in [0.3, 0.4) is 0 Å². The van der Waals surface area contributed by atoms with Crippen LogP contribution in [0.4, 0.5) is 0 Å². The Morgan fingerprint density at radius 3 is 2.41 bits per heavy atom. The normalized spacial score (nSPS) is 10.5. The van der Waals surface area contributed by atoms with Crippen molar-refractivity contribution in [3.8, 4) is 11.5 Å². The van der Waals surface area contributed by atoms with Crippen molar-refractivity contribution in [2.75, 3.05) is 13.2 Å². The van der Waals surface area contributed by atoms with Crippen molar-refractivity contribution in [1.29, 1.82) is 0 Å².